The van der Waals surface area contributed by atoms with Gasteiger partial charge >= 0.3 is 5.69 Å². The first kappa shape index (κ1) is 20.3. The van der Waals surface area contributed by atoms with Gasteiger partial charge in [0.15, 0.2) is 5.11 Å². The number of aliphatic imine (C=N–C) groups is 1. The fourth-order valence-electron chi connectivity index (χ4n) is 2.00. The lowest BCUT2D eigenvalue weighted by atomic mass is 10.2. The molecule has 0 heterocycles. The molecule has 0 aliphatic carbocycles. The van der Waals surface area contributed by atoms with Gasteiger partial charge in [0.2, 0.25) is 11.7 Å². The molecule has 1 amide bonds. The van der Waals surface area contributed by atoms with Crippen LogP contribution in [0.2, 0.25) is 5.02 Å². The lowest BCUT2D eigenvalue weighted by molar-refractivity contribution is -0.385. The zero-order valence-electron chi connectivity index (χ0n) is 14.1. The van der Waals surface area contributed by atoms with Gasteiger partial charge in [0.1, 0.15) is 0 Å². The lowest BCUT2D eigenvalue weighted by Crippen LogP contribution is -2.33. The molecule has 0 aromatic heterocycles. The molecule has 0 fully saturated rings. The second kappa shape index (κ2) is 9.06. The zero-order valence-corrected chi connectivity index (χ0v) is 15.7. The van der Waals surface area contributed by atoms with E-state index >= 15 is 0 Å². The molecule has 2 aromatic carbocycles. The number of carbonyl (C=O) groups is 1. The molecule has 2 rings (SSSR count). The van der Waals surface area contributed by atoms with Crippen molar-refractivity contribution >= 4 is 58.1 Å². The second-order valence-electron chi connectivity index (χ2n) is 5.28. The highest BCUT2D eigenvalue weighted by atomic mass is 35.5. The molecular formula is C17H15ClN4O4S. The van der Waals surface area contributed by atoms with E-state index in [0.717, 1.165) is 6.07 Å². The maximum absolute atomic E-state index is 11.3. The molecule has 10 heteroatoms. The smallest absolute Gasteiger partial charge is 0.312 e. The summed E-state index contributed by atoms with van der Waals surface area (Å²) in [5.74, 6) is -0.701. The van der Waals surface area contributed by atoms with Crippen LogP contribution in [0.4, 0.5) is 17.1 Å². The summed E-state index contributed by atoms with van der Waals surface area (Å²) >= 11 is 10.9. The Kier molecular flexibility index (Phi) is 6.80. The maximum Gasteiger partial charge on any atom is 0.312 e. The average molecular weight is 407 g/mol. The van der Waals surface area contributed by atoms with Crippen LogP contribution < -0.4 is 10.6 Å². The molecule has 0 spiro atoms. The van der Waals surface area contributed by atoms with Crippen molar-refractivity contribution in [1.29, 1.82) is 0 Å². The summed E-state index contributed by atoms with van der Waals surface area (Å²) in [5.41, 5.74) is 0.814. The fourth-order valence-corrected chi connectivity index (χ4v) is 2.45. The van der Waals surface area contributed by atoms with Gasteiger partial charge < -0.3 is 15.7 Å². The van der Waals surface area contributed by atoms with E-state index in [0.29, 0.717) is 17.8 Å². The number of phenolic OH excluding ortho intramolecular Hbond substituents is 1. The Morgan fingerprint density at radius 1 is 1.37 bits per heavy atom. The Labute approximate surface area is 165 Å². The van der Waals surface area contributed by atoms with Crippen molar-refractivity contribution in [2.75, 3.05) is 5.32 Å². The number of nitro benzene ring substituents is 1. The Balaban J connectivity index is 2.12. The number of thiocarbonyl (C=S) groups is 1. The zero-order chi connectivity index (χ0) is 20.0. The van der Waals surface area contributed by atoms with Crippen LogP contribution in [0.1, 0.15) is 18.9 Å². The molecule has 0 aliphatic rings. The summed E-state index contributed by atoms with van der Waals surface area (Å²) in [6.45, 7) is 1.72. The van der Waals surface area contributed by atoms with E-state index < -0.39 is 16.4 Å². The van der Waals surface area contributed by atoms with Gasteiger partial charge in [-0.05, 0) is 42.5 Å². The van der Waals surface area contributed by atoms with Crippen molar-refractivity contribution in [2.45, 2.75) is 13.3 Å². The van der Waals surface area contributed by atoms with E-state index in [1.165, 1.54) is 12.3 Å². The van der Waals surface area contributed by atoms with E-state index in [9.17, 15) is 20.0 Å². The minimum Gasteiger partial charge on any atom is -0.502 e. The maximum atomic E-state index is 11.3. The number of carbonyl (C=O) groups excluding carboxylic acids is 1. The first-order valence-electron chi connectivity index (χ1n) is 7.72. The molecule has 0 aliphatic heterocycles. The Bertz CT molecular complexity index is 916. The number of nitrogens with one attached hydrogen (secondary N) is 2. The van der Waals surface area contributed by atoms with Gasteiger partial charge in [0.05, 0.1) is 10.6 Å². The van der Waals surface area contributed by atoms with Crippen LogP contribution in [0.5, 0.6) is 5.75 Å². The van der Waals surface area contributed by atoms with E-state index in [4.69, 9.17) is 23.8 Å². The minimum atomic E-state index is -0.723. The van der Waals surface area contributed by atoms with Crippen LogP contribution in [0, 0.1) is 10.1 Å². The van der Waals surface area contributed by atoms with E-state index in [1.54, 1.807) is 31.2 Å². The molecule has 27 heavy (non-hydrogen) atoms. The van der Waals surface area contributed by atoms with Gasteiger partial charge in [-0.25, -0.2) is 0 Å². The van der Waals surface area contributed by atoms with E-state index in [-0.39, 0.29) is 21.6 Å². The summed E-state index contributed by atoms with van der Waals surface area (Å²) in [6.07, 6.45) is 1.60. The minimum absolute atomic E-state index is 0.114. The third-order valence-corrected chi connectivity index (χ3v) is 3.76. The highest BCUT2D eigenvalue weighted by Crippen LogP contribution is 2.32. The fraction of sp³-hybridized carbons (Fsp3) is 0.118. The van der Waals surface area contributed by atoms with Crippen LogP contribution in [0.3, 0.4) is 0 Å². The number of benzene rings is 2. The third-order valence-electron chi connectivity index (χ3n) is 3.33. The monoisotopic (exact) mass is 406 g/mol. The van der Waals surface area contributed by atoms with Gasteiger partial charge in [0, 0.05) is 35.0 Å². The second-order valence-corrected chi connectivity index (χ2v) is 6.13. The predicted molar refractivity (Wildman–Crippen MR) is 108 cm³/mol. The number of anilines is 1. The number of hydrogen-bond acceptors (Lipinski definition) is 6. The van der Waals surface area contributed by atoms with Crippen molar-refractivity contribution < 1.29 is 14.8 Å². The first-order valence-corrected chi connectivity index (χ1v) is 8.50. The average Bonchev–Trinajstić information content (AvgIpc) is 2.62. The van der Waals surface area contributed by atoms with Gasteiger partial charge in [-0.15, -0.1) is 0 Å². The summed E-state index contributed by atoms with van der Waals surface area (Å²) < 4.78 is 0. The molecule has 3 N–H and O–H groups in total. The lowest BCUT2D eigenvalue weighted by Gasteiger charge is -2.08. The number of hydrogen-bond donors (Lipinski definition) is 3. The molecular weight excluding hydrogens is 392 g/mol. The molecule has 0 saturated carbocycles. The molecule has 0 unspecified atom stereocenters. The number of aromatic hydroxyl groups is 1. The summed E-state index contributed by atoms with van der Waals surface area (Å²) in [4.78, 5) is 25.6. The number of nitrogens with zero attached hydrogens (tertiary/aromatic N) is 2. The van der Waals surface area contributed by atoms with Crippen LogP contribution in [0.25, 0.3) is 0 Å². The SMILES string of the molecule is CCC(=O)NC(=S)Nc1ccc(N=Cc2cc(Cl)cc([N+](=O)[O-])c2O)cc1. The molecule has 2 aromatic rings. The summed E-state index contributed by atoms with van der Waals surface area (Å²) in [7, 11) is 0. The highest BCUT2D eigenvalue weighted by molar-refractivity contribution is 7.80. The van der Waals surface area contributed by atoms with Gasteiger partial charge in [-0.1, -0.05) is 18.5 Å². The number of nitro groups is 1. The molecule has 0 bridgehead atoms. The third kappa shape index (κ3) is 5.73. The molecule has 0 atom stereocenters. The molecule has 8 nitrogen and oxygen atoms in total. The first-order chi connectivity index (χ1) is 12.8. The van der Waals surface area contributed by atoms with Crippen molar-refractivity contribution in [3.8, 4) is 5.75 Å². The summed E-state index contributed by atoms with van der Waals surface area (Å²) in [5, 5.41) is 26.5. The van der Waals surface area contributed by atoms with Crippen LogP contribution in [0.15, 0.2) is 41.4 Å². The van der Waals surface area contributed by atoms with Gasteiger partial charge in [0.25, 0.3) is 0 Å². The summed E-state index contributed by atoms with van der Waals surface area (Å²) in [6, 6.07) is 9.15. The van der Waals surface area contributed by atoms with Crippen molar-refractivity contribution in [2.24, 2.45) is 4.99 Å². The number of amides is 1. The van der Waals surface area contributed by atoms with Gasteiger partial charge in [-0.2, -0.15) is 0 Å². The highest BCUT2D eigenvalue weighted by Gasteiger charge is 2.17. The quantitative estimate of drug-likeness (QED) is 0.300. The van der Waals surface area contributed by atoms with E-state index in [2.05, 4.69) is 15.6 Å². The molecule has 0 radical (unpaired) electrons. The normalized spacial score (nSPS) is 10.6. The Hall–Kier alpha value is -3.04. The Morgan fingerprint density at radius 3 is 2.63 bits per heavy atom. The van der Waals surface area contributed by atoms with Gasteiger partial charge in [-0.3, -0.25) is 19.9 Å². The van der Waals surface area contributed by atoms with Crippen LogP contribution in [-0.2, 0) is 4.79 Å². The van der Waals surface area contributed by atoms with Crippen molar-refractivity contribution in [1.82, 2.24) is 5.32 Å². The van der Waals surface area contributed by atoms with Crippen LogP contribution >= 0.6 is 23.8 Å². The number of phenols is 1. The molecule has 140 valence electrons. The largest absolute Gasteiger partial charge is 0.502 e. The van der Waals surface area contributed by atoms with Crippen molar-refractivity contribution in [3.05, 3.63) is 57.1 Å². The topological polar surface area (TPSA) is 117 Å². The number of halogens is 1. The standard InChI is InChI=1S/C17H15ClN4O4S/c1-2-15(23)21-17(27)20-13-5-3-12(4-6-13)19-9-10-7-11(18)8-14(16(10)24)22(25)26/h3-9,24H,2H2,1H3,(H2,20,21,23,27). The number of rotatable bonds is 5. The molecule has 0 saturated heterocycles. The Morgan fingerprint density at radius 2 is 2.04 bits per heavy atom. The predicted octanol–water partition coefficient (Wildman–Crippen LogP) is 3.93. The van der Waals surface area contributed by atoms with Crippen molar-refractivity contribution in [3.63, 3.8) is 0 Å². The van der Waals surface area contributed by atoms with E-state index in [1.807, 2.05) is 0 Å². The van der Waals surface area contributed by atoms with Crippen LogP contribution in [-0.4, -0.2) is 27.3 Å².